The minimum atomic E-state index is -3.96. The van der Waals surface area contributed by atoms with Crippen molar-refractivity contribution in [1.82, 2.24) is 0 Å². The molecule has 0 saturated heterocycles. The SMILES string of the molecule is CSCCS(=O)(=O)[O-].[K+]. The third-order valence-electron chi connectivity index (χ3n) is 0.537. The third kappa shape index (κ3) is 13.0. The molecule has 0 saturated carbocycles. The normalized spacial score (nSPS) is 10.4. The van der Waals surface area contributed by atoms with Gasteiger partial charge >= 0.3 is 51.4 Å². The number of hydrogen-bond acceptors (Lipinski definition) is 4. The van der Waals surface area contributed by atoms with Crippen LogP contribution in [0.1, 0.15) is 0 Å². The first-order valence-electron chi connectivity index (χ1n) is 1.99. The second kappa shape index (κ2) is 6.60. The predicted molar refractivity (Wildman–Crippen MR) is 32.9 cm³/mol. The van der Waals surface area contributed by atoms with Crippen molar-refractivity contribution in [3.05, 3.63) is 0 Å². The van der Waals surface area contributed by atoms with Crippen molar-refractivity contribution >= 4 is 21.9 Å². The van der Waals surface area contributed by atoms with Gasteiger partial charge in [-0.25, -0.2) is 8.42 Å². The molecule has 3 nitrogen and oxygen atoms in total. The van der Waals surface area contributed by atoms with Gasteiger partial charge < -0.3 is 4.55 Å². The number of hydrogen-bond donors (Lipinski definition) is 0. The third-order valence-corrected chi connectivity index (χ3v) is 2.11. The largest absolute Gasteiger partial charge is 1.00 e. The molecular weight excluding hydrogens is 187 g/mol. The van der Waals surface area contributed by atoms with Crippen molar-refractivity contribution in [2.45, 2.75) is 0 Å². The molecule has 0 unspecified atom stereocenters. The Bertz CT molecular complexity index is 141. The van der Waals surface area contributed by atoms with Crippen LogP contribution < -0.4 is 51.4 Å². The molecule has 0 aliphatic heterocycles. The number of rotatable bonds is 3. The van der Waals surface area contributed by atoms with Crippen molar-refractivity contribution in [2.75, 3.05) is 17.8 Å². The molecule has 0 aromatic rings. The van der Waals surface area contributed by atoms with Crippen LogP contribution in [0.5, 0.6) is 0 Å². The van der Waals surface area contributed by atoms with E-state index >= 15 is 0 Å². The average molecular weight is 194 g/mol. The van der Waals surface area contributed by atoms with Crippen LogP contribution in [0.15, 0.2) is 0 Å². The summed E-state index contributed by atoms with van der Waals surface area (Å²) in [6.07, 6.45) is 1.76. The quantitative estimate of drug-likeness (QED) is 0.353. The Morgan fingerprint density at radius 3 is 2.11 bits per heavy atom. The molecule has 6 heteroatoms. The van der Waals surface area contributed by atoms with Gasteiger partial charge in [0.05, 0.1) is 10.1 Å². The summed E-state index contributed by atoms with van der Waals surface area (Å²) in [5, 5.41) is 0. The molecule has 0 aromatic heterocycles. The van der Waals surface area contributed by atoms with Crippen LogP contribution in [-0.4, -0.2) is 30.7 Å². The van der Waals surface area contributed by atoms with Gasteiger partial charge in [0.25, 0.3) is 0 Å². The van der Waals surface area contributed by atoms with E-state index in [4.69, 9.17) is 0 Å². The van der Waals surface area contributed by atoms with Crippen LogP contribution in [-0.2, 0) is 10.1 Å². The second-order valence-corrected chi connectivity index (χ2v) is 3.76. The molecule has 0 atom stereocenters. The van der Waals surface area contributed by atoms with Gasteiger partial charge in [0, 0.05) is 11.5 Å². The molecule has 0 N–H and O–H groups in total. The van der Waals surface area contributed by atoms with Gasteiger partial charge in [-0.1, -0.05) is 0 Å². The standard InChI is InChI=1S/C3H8O3S2.K/c1-7-2-3-8(4,5)6;/h2-3H2,1H3,(H,4,5,6);/q;+1/p-1. The second-order valence-electron chi connectivity index (χ2n) is 1.25. The van der Waals surface area contributed by atoms with Crippen molar-refractivity contribution in [1.29, 1.82) is 0 Å². The van der Waals surface area contributed by atoms with Crippen LogP contribution in [0.3, 0.4) is 0 Å². The first-order chi connectivity index (χ1) is 3.56. The number of thioether (sulfide) groups is 1. The average Bonchev–Trinajstić information content (AvgIpc) is 1.59. The van der Waals surface area contributed by atoms with Gasteiger partial charge in [-0.3, -0.25) is 0 Å². The maximum Gasteiger partial charge on any atom is 1.00 e. The van der Waals surface area contributed by atoms with Gasteiger partial charge in [-0.2, -0.15) is 11.8 Å². The molecule has 0 radical (unpaired) electrons. The Kier molecular flexibility index (Phi) is 9.88. The smallest absolute Gasteiger partial charge is 0.748 e. The summed E-state index contributed by atoms with van der Waals surface area (Å²) in [7, 11) is -3.96. The molecule has 0 aromatic carbocycles. The molecule has 0 aliphatic carbocycles. The van der Waals surface area contributed by atoms with E-state index in [1.807, 2.05) is 0 Å². The van der Waals surface area contributed by atoms with Gasteiger partial charge in [-0.15, -0.1) is 0 Å². The Labute approximate surface area is 102 Å². The van der Waals surface area contributed by atoms with E-state index in [0.717, 1.165) is 0 Å². The summed E-state index contributed by atoms with van der Waals surface area (Å²) in [6, 6.07) is 0. The Morgan fingerprint density at radius 1 is 1.56 bits per heavy atom. The van der Waals surface area contributed by atoms with E-state index in [2.05, 4.69) is 0 Å². The van der Waals surface area contributed by atoms with Gasteiger partial charge in [0.15, 0.2) is 0 Å². The molecule has 0 aliphatic rings. The molecule has 9 heavy (non-hydrogen) atoms. The van der Waals surface area contributed by atoms with Gasteiger partial charge in [-0.05, 0) is 6.26 Å². The van der Waals surface area contributed by atoms with Crippen molar-refractivity contribution < 1.29 is 64.4 Å². The van der Waals surface area contributed by atoms with E-state index in [-0.39, 0.29) is 57.1 Å². The summed E-state index contributed by atoms with van der Waals surface area (Å²) in [4.78, 5) is 0. The topological polar surface area (TPSA) is 57.2 Å². The van der Waals surface area contributed by atoms with Crippen LogP contribution in [0.25, 0.3) is 0 Å². The molecule has 0 spiro atoms. The summed E-state index contributed by atoms with van der Waals surface area (Å²) in [5.41, 5.74) is 0. The first-order valence-corrected chi connectivity index (χ1v) is 4.96. The Morgan fingerprint density at radius 2 is 2.00 bits per heavy atom. The fraction of sp³-hybridized carbons (Fsp3) is 1.00. The van der Waals surface area contributed by atoms with Crippen LogP contribution >= 0.6 is 11.8 Å². The summed E-state index contributed by atoms with van der Waals surface area (Å²) < 4.78 is 29.5. The molecule has 0 heterocycles. The summed E-state index contributed by atoms with van der Waals surface area (Å²) in [5.74, 6) is 0.139. The molecule has 50 valence electrons. The zero-order chi connectivity index (χ0) is 6.62. The summed E-state index contributed by atoms with van der Waals surface area (Å²) >= 11 is 1.35. The molecule has 0 rings (SSSR count). The minimum absolute atomic E-state index is 0. The van der Waals surface area contributed by atoms with Crippen molar-refractivity contribution in [2.24, 2.45) is 0 Å². The van der Waals surface area contributed by atoms with Gasteiger partial charge in [0.1, 0.15) is 0 Å². The van der Waals surface area contributed by atoms with Crippen LogP contribution in [0.2, 0.25) is 0 Å². The minimum Gasteiger partial charge on any atom is -0.748 e. The zero-order valence-electron chi connectivity index (χ0n) is 5.46. The van der Waals surface area contributed by atoms with E-state index in [1.54, 1.807) is 6.26 Å². The Hall–Kier alpha value is 1.90. The molecule has 0 bridgehead atoms. The monoisotopic (exact) mass is 194 g/mol. The van der Waals surface area contributed by atoms with E-state index in [0.29, 0.717) is 5.75 Å². The molecule has 0 fully saturated rings. The fourth-order valence-corrected chi connectivity index (χ4v) is 1.67. The zero-order valence-corrected chi connectivity index (χ0v) is 10.2. The van der Waals surface area contributed by atoms with Crippen molar-refractivity contribution in [3.8, 4) is 0 Å². The Balaban J connectivity index is 0. The van der Waals surface area contributed by atoms with Crippen LogP contribution in [0.4, 0.5) is 0 Å². The summed E-state index contributed by atoms with van der Waals surface area (Å²) in [6.45, 7) is 0. The van der Waals surface area contributed by atoms with Crippen LogP contribution in [0, 0.1) is 0 Å². The predicted octanol–water partition coefficient (Wildman–Crippen LogP) is -3.10. The molecule has 0 amide bonds. The van der Waals surface area contributed by atoms with Gasteiger partial charge in [0.2, 0.25) is 0 Å². The maximum absolute atomic E-state index is 9.82. The van der Waals surface area contributed by atoms with E-state index in [9.17, 15) is 13.0 Å². The van der Waals surface area contributed by atoms with Crippen molar-refractivity contribution in [3.63, 3.8) is 0 Å². The molecular formula is C3H7KO3S2. The first kappa shape index (κ1) is 13.5. The van der Waals surface area contributed by atoms with E-state index in [1.165, 1.54) is 11.8 Å². The fourth-order valence-electron chi connectivity index (χ4n) is 0.185. The van der Waals surface area contributed by atoms with E-state index < -0.39 is 10.1 Å². The maximum atomic E-state index is 9.82.